The third-order valence-corrected chi connectivity index (χ3v) is 4.01. The number of phenolic OH excluding ortho intramolecular Hbond substituents is 1. The minimum Gasteiger partial charge on any atom is -0.506 e. The van der Waals surface area contributed by atoms with Gasteiger partial charge in [0.25, 0.3) is 0 Å². The molecule has 7 heteroatoms. The fraction of sp³-hybridized carbons (Fsp3) is 0.235. The zero-order chi connectivity index (χ0) is 17.1. The van der Waals surface area contributed by atoms with E-state index in [4.69, 9.17) is 11.6 Å². The Bertz CT molecular complexity index is 886. The molecule has 2 aromatic carbocycles. The van der Waals surface area contributed by atoms with Gasteiger partial charge >= 0.3 is 0 Å². The van der Waals surface area contributed by atoms with E-state index in [2.05, 4.69) is 38.9 Å². The van der Waals surface area contributed by atoms with E-state index in [1.807, 2.05) is 12.1 Å². The van der Waals surface area contributed by atoms with Gasteiger partial charge in [-0.25, -0.2) is 4.98 Å². The molecular formula is C17H18ClN5O. The van der Waals surface area contributed by atoms with Crippen LogP contribution in [-0.4, -0.2) is 28.2 Å². The van der Waals surface area contributed by atoms with Crippen LogP contribution in [-0.2, 0) is 0 Å². The monoisotopic (exact) mass is 343 g/mol. The second-order valence-corrected chi connectivity index (χ2v) is 5.70. The molecule has 6 nitrogen and oxygen atoms in total. The number of halogens is 1. The number of imidazole rings is 1. The van der Waals surface area contributed by atoms with Gasteiger partial charge < -0.3 is 15.0 Å². The van der Waals surface area contributed by atoms with Crippen LogP contribution in [0.1, 0.15) is 13.8 Å². The lowest BCUT2D eigenvalue weighted by molar-refractivity contribution is 0.476. The highest BCUT2D eigenvalue weighted by Crippen LogP contribution is 2.32. The number of hydrogen-bond donors (Lipinski definition) is 2. The third kappa shape index (κ3) is 3.33. The first-order chi connectivity index (χ1) is 11.6. The van der Waals surface area contributed by atoms with Gasteiger partial charge in [0.1, 0.15) is 11.4 Å². The number of azo groups is 1. The molecule has 2 N–H and O–H groups in total. The number of hydrogen-bond acceptors (Lipinski definition) is 5. The van der Waals surface area contributed by atoms with E-state index < -0.39 is 0 Å². The van der Waals surface area contributed by atoms with Gasteiger partial charge in [-0.2, -0.15) is 0 Å². The van der Waals surface area contributed by atoms with Gasteiger partial charge in [-0.1, -0.05) is 11.6 Å². The number of fused-ring (bicyclic) bond motifs is 1. The second-order valence-electron chi connectivity index (χ2n) is 5.27. The van der Waals surface area contributed by atoms with Crippen LogP contribution in [0.3, 0.4) is 0 Å². The molecule has 0 saturated heterocycles. The molecule has 0 fully saturated rings. The number of phenols is 1. The largest absolute Gasteiger partial charge is 0.506 e. The zero-order valence-corrected chi connectivity index (χ0v) is 14.2. The topological polar surface area (TPSA) is 76.9 Å². The fourth-order valence-corrected chi connectivity index (χ4v) is 2.67. The van der Waals surface area contributed by atoms with E-state index in [0.29, 0.717) is 16.7 Å². The molecule has 1 heterocycles. The molecule has 0 bridgehead atoms. The highest BCUT2D eigenvalue weighted by molar-refractivity contribution is 6.31. The molecule has 0 aliphatic carbocycles. The first kappa shape index (κ1) is 16.3. The number of nitrogens with zero attached hydrogens (tertiary/aromatic N) is 4. The van der Waals surface area contributed by atoms with Gasteiger partial charge in [-0.05, 0) is 44.2 Å². The van der Waals surface area contributed by atoms with Crippen LogP contribution in [0.25, 0.3) is 11.0 Å². The van der Waals surface area contributed by atoms with Gasteiger partial charge in [0.15, 0.2) is 0 Å². The van der Waals surface area contributed by atoms with Crippen LogP contribution in [0.15, 0.2) is 46.6 Å². The van der Waals surface area contributed by atoms with Crippen molar-refractivity contribution >= 4 is 40.0 Å². The quantitative estimate of drug-likeness (QED) is 0.626. The summed E-state index contributed by atoms with van der Waals surface area (Å²) in [5, 5.41) is 18.9. The number of benzene rings is 2. The lowest BCUT2D eigenvalue weighted by atomic mass is 10.2. The lowest BCUT2D eigenvalue weighted by Gasteiger charge is -2.21. The Balaban J connectivity index is 1.85. The van der Waals surface area contributed by atoms with Crippen molar-refractivity contribution < 1.29 is 5.11 Å². The average molecular weight is 344 g/mol. The van der Waals surface area contributed by atoms with Crippen molar-refractivity contribution in [3.8, 4) is 5.75 Å². The fourth-order valence-electron chi connectivity index (χ4n) is 2.50. The highest BCUT2D eigenvalue weighted by Gasteiger charge is 2.07. The highest BCUT2D eigenvalue weighted by atomic mass is 35.5. The first-order valence-corrected chi connectivity index (χ1v) is 8.13. The summed E-state index contributed by atoms with van der Waals surface area (Å²) in [7, 11) is 0. The Hall–Kier alpha value is -2.60. The summed E-state index contributed by atoms with van der Waals surface area (Å²) < 4.78 is 0. The normalized spacial score (nSPS) is 11.5. The SMILES string of the molecule is CCN(CC)c1ccc(N=Nc2nc3ccc(Cl)cc3[nH]2)c(O)c1. The van der Waals surface area contributed by atoms with Crippen molar-refractivity contribution in [2.75, 3.05) is 18.0 Å². The molecule has 0 aliphatic heterocycles. The molecule has 0 unspecified atom stereocenters. The molecule has 0 atom stereocenters. The van der Waals surface area contributed by atoms with Crippen LogP contribution in [0.4, 0.5) is 17.3 Å². The average Bonchev–Trinajstić information content (AvgIpc) is 2.97. The molecule has 0 amide bonds. The standard InChI is InChI=1S/C17H18ClN5O/c1-3-23(4-2)12-6-8-14(16(24)10-12)21-22-17-19-13-7-5-11(18)9-15(13)20-17/h5-10,24H,3-4H2,1-2H3,(H,19,20). The maximum absolute atomic E-state index is 10.2. The Labute approximate surface area is 144 Å². The second kappa shape index (κ2) is 6.88. The van der Waals surface area contributed by atoms with E-state index in [0.717, 1.165) is 29.8 Å². The number of aromatic amines is 1. The number of rotatable bonds is 5. The van der Waals surface area contributed by atoms with Gasteiger partial charge in [0.05, 0.1) is 11.0 Å². The first-order valence-electron chi connectivity index (χ1n) is 7.75. The Morgan fingerprint density at radius 1 is 1.12 bits per heavy atom. The molecule has 0 aliphatic rings. The third-order valence-electron chi connectivity index (χ3n) is 3.77. The smallest absolute Gasteiger partial charge is 0.247 e. The summed E-state index contributed by atoms with van der Waals surface area (Å²) in [6.45, 7) is 5.89. The Morgan fingerprint density at radius 3 is 2.62 bits per heavy atom. The van der Waals surface area contributed by atoms with Crippen molar-refractivity contribution in [1.29, 1.82) is 0 Å². The van der Waals surface area contributed by atoms with E-state index >= 15 is 0 Å². The summed E-state index contributed by atoms with van der Waals surface area (Å²) in [6, 6.07) is 10.7. The molecule has 3 aromatic rings. The van der Waals surface area contributed by atoms with Crippen molar-refractivity contribution in [2.45, 2.75) is 13.8 Å². The molecule has 0 spiro atoms. The predicted molar refractivity (Wildman–Crippen MR) is 96.9 cm³/mol. The van der Waals surface area contributed by atoms with E-state index in [-0.39, 0.29) is 5.75 Å². The van der Waals surface area contributed by atoms with E-state index in [9.17, 15) is 5.11 Å². The summed E-state index contributed by atoms with van der Waals surface area (Å²) in [5.41, 5.74) is 2.89. The minimum absolute atomic E-state index is 0.0855. The zero-order valence-electron chi connectivity index (χ0n) is 13.5. The van der Waals surface area contributed by atoms with Crippen LogP contribution in [0.2, 0.25) is 5.02 Å². The van der Waals surface area contributed by atoms with Crippen LogP contribution >= 0.6 is 11.6 Å². The van der Waals surface area contributed by atoms with Crippen LogP contribution in [0, 0.1) is 0 Å². The van der Waals surface area contributed by atoms with Crippen molar-refractivity contribution in [1.82, 2.24) is 9.97 Å². The van der Waals surface area contributed by atoms with Crippen LogP contribution < -0.4 is 4.90 Å². The van der Waals surface area contributed by atoms with Gasteiger partial charge in [-0.15, -0.1) is 10.2 Å². The Morgan fingerprint density at radius 2 is 1.92 bits per heavy atom. The van der Waals surface area contributed by atoms with Gasteiger partial charge in [-0.3, -0.25) is 0 Å². The molecular weight excluding hydrogens is 326 g/mol. The summed E-state index contributed by atoms with van der Waals surface area (Å²) in [4.78, 5) is 9.48. The van der Waals surface area contributed by atoms with Crippen molar-refractivity contribution in [3.63, 3.8) is 0 Å². The van der Waals surface area contributed by atoms with Crippen LogP contribution in [0.5, 0.6) is 5.75 Å². The number of H-pyrrole nitrogens is 1. The Kier molecular flexibility index (Phi) is 4.66. The summed E-state index contributed by atoms with van der Waals surface area (Å²) in [6.07, 6.45) is 0. The molecule has 3 rings (SSSR count). The number of aromatic hydroxyl groups is 1. The number of nitrogens with one attached hydrogen (secondary N) is 1. The van der Waals surface area contributed by atoms with E-state index in [1.165, 1.54) is 0 Å². The predicted octanol–water partition coefficient (Wildman–Crippen LogP) is 5.18. The van der Waals surface area contributed by atoms with E-state index in [1.54, 1.807) is 24.3 Å². The lowest BCUT2D eigenvalue weighted by Crippen LogP contribution is -2.21. The van der Waals surface area contributed by atoms with Crippen molar-refractivity contribution in [2.24, 2.45) is 10.2 Å². The summed E-state index contributed by atoms with van der Waals surface area (Å²) >= 11 is 5.95. The molecule has 124 valence electrons. The maximum atomic E-state index is 10.2. The molecule has 0 saturated carbocycles. The molecule has 24 heavy (non-hydrogen) atoms. The van der Waals surface area contributed by atoms with Crippen molar-refractivity contribution in [3.05, 3.63) is 41.4 Å². The molecule has 1 aromatic heterocycles. The van der Waals surface area contributed by atoms with Gasteiger partial charge in [0.2, 0.25) is 5.95 Å². The minimum atomic E-state index is 0.0855. The number of aromatic nitrogens is 2. The summed E-state index contributed by atoms with van der Waals surface area (Å²) in [5.74, 6) is 0.446. The number of anilines is 1. The maximum Gasteiger partial charge on any atom is 0.247 e. The van der Waals surface area contributed by atoms with Gasteiger partial charge in [0, 0.05) is 29.9 Å². The molecule has 0 radical (unpaired) electrons.